The van der Waals surface area contributed by atoms with Crippen LogP contribution in [0.5, 0.6) is 0 Å². The summed E-state index contributed by atoms with van der Waals surface area (Å²) in [7, 11) is 0. The molecular weight excluding hydrogens is 275 g/mol. The van der Waals surface area contributed by atoms with E-state index in [4.69, 9.17) is 18.0 Å². The molecule has 3 nitrogen and oxygen atoms in total. The van der Waals surface area contributed by atoms with Crippen LogP contribution in [0.3, 0.4) is 0 Å². The highest BCUT2D eigenvalue weighted by molar-refractivity contribution is 7.80. The first-order chi connectivity index (χ1) is 8.73. The summed E-state index contributed by atoms with van der Waals surface area (Å²) in [6, 6.07) is 3.15. The van der Waals surface area contributed by atoms with Crippen molar-refractivity contribution in [2.45, 2.75) is 26.4 Å². The van der Waals surface area contributed by atoms with E-state index in [1.54, 1.807) is 13.0 Å². The Morgan fingerprint density at radius 2 is 2.05 bits per heavy atom. The molecular formula is C12H16F3N3S. The first kappa shape index (κ1) is 15.7. The van der Waals surface area contributed by atoms with E-state index in [2.05, 4.69) is 4.98 Å². The smallest absolute Gasteiger partial charge is 0.389 e. The zero-order chi connectivity index (χ0) is 14.6. The average Bonchev–Trinajstić information content (AvgIpc) is 2.25. The van der Waals surface area contributed by atoms with Gasteiger partial charge in [0.2, 0.25) is 0 Å². The van der Waals surface area contributed by atoms with Gasteiger partial charge in [-0.05, 0) is 25.5 Å². The molecule has 19 heavy (non-hydrogen) atoms. The van der Waals surface area contributed by atoms with Crippen molar-refractivity contribution in [1.82, 2.24) is 4.98 Å². The van der Waals surface area contributed by atoms with E-state index in [0.717, 1.165) is 0 Å². The van der Waals surface area contributed by atoms with Gasteiger partial charge in [-0.25, -0.2) is 4.98 Å². The van der Waals surface area contributed by atoms with Crippen LogP contribution in [0.1, 0.15) is 24.6 Å². The lowest BCUT2D eigenvalue weighted by Crippen LogP contribution is -2.35. The topological polar surface area (TPSA) is 42.1 Å². The van der Waals surface area contributed by atoms with E-state index in [0.29, 0.717) is 17.7 Å². The van der Waals surface area contributed by atoms with Crippen molar-refractivity contribution in [3.05, 3.63) is 23.4 Å². The van der Waals surface area contributed by atoms with E-state index in [1.807, 2.05) is 6.92 Å². The maximum absolute atomic E-state index is 12.6. The largest absolute Gasteiger partial charge is 0.405 e. The second kappa shape index (κ2) is 6.18. The SMILES string of the molecule is CCCN(CC(F)(F)F)c1cc(C(N)=S)cc(C)n1. The lowest BCUT2D eigenvalue weighted by atomic mass is 10.2. The molecule has 0 aliphatic heterocycles. The number of alkyl halides is 3. The van der Waals surface area contributed by atoms with Gasteiger partial charge in [0.25, 0.3) is 0 Å². The van der Waals surface area contributed by atoms with Gasteiger partial charge in [-0.3, -0.25) is 0 Å². The summed E-state index contributed by atoms with van der Waals surface area (Å²) < 4.78 is 37.7. The van der Waals surface area contributed by atoms with E-state index in [1.165, 1.54) is 11.0 Å². The van der Waals surface area contributed by atoms with Crippen LogP contribution < -0.4 is 10.6 Å². The molecule has 0 bridgehead atoms. The molecule has 0 saturated carbocycles. The molecule has 2 N–H and O–H groups in total. The Bertz CT molecular complexity index is 460. The third-order valence-corrected chi connectivity index (χ3v) is 2.65. The summed E-state index contributed by atoms with van der Waals surface area (Å²) in [4.78, 5) is 5.47. The number of hydrogen-bond donors (Lipinski definition) is 1. The number of thiocarbonyl (C=S) groups is 1. The summed E-state index contributed by atoms with van der Waals surface area (Å²) in [5.41, 5.74) is 6.63. The Morgan fingerprint density at radius 1 is 1.42 bits per heavy atom. The van der Waals surface area contributed by atoms with Gasteiger partial charge in [-0.1, -0.05) is 19.1 Å². The van der Waals surface area contributed by atoms with Crippen molar-refractivity contribution in [3.63, 3.8) is 0 Å². The maximum Gasteiger partial charge on any atom is 0.405 e. The Hall–Kier alpha value is -1.37. The third kappa shape index (κ3) is 5.02. The molecule has 0 atom stereocenters. The summed E-state index contributed by atoms with van der Waals surface area (Å²) >= 11 is 4.85. The molecule has 0 fully saturated rings. The molecule has 0 aliphatic rings. The summed E-state index contributed by atoms with van der Waals surface area (Å²) in [5, 5.41) is 0. The summed E-state index contributed by atoms with van der Waals surface area (Å²) in [6.07, 6.45) is -3.68. The fourth-order valence-corrected chi connectivity index (χ4v) is 1.83. The number of aryl methyl sites for hydroxylation is 1. The lowest BCUT2D eigenvalue weighted by molar-refractivity contribution is -0.119. The van der Waals surface area contributed by atoms with Gasteiger partial charge in [0.05, 0.1) is 0 Å². The van der Waals surface area contributed by atoms with Crippen molar-refractivity contribution in [3.8, 4) is 0 Å². The highest BCUT2D eigenvalue weighted by atomic mass is 32.1. The normalized spacial score (nSPS) is 11.4. The average molecular weight is 291 g/mol. The van der Waals surface area contributed by atoms with Gasteiger partial charge in [-0.15, -0.1) is 0 Å². The number of pyridine rings is 1. The zero-order valence-electron chi connectivity index (χ0n) is 10.8. The molecule has 7 heteroatoms. The maximum atomic E-state index is 12.6. The van der Waals surface area contributed by atoms with Crippen LogP contribution in [0.4, 0.5) is 19.0 Å². The second-order valence-electron chi connectivity index (χ2n) is 4.26. The predicted octanol–water partition coefficient (Wildman–Crippen LogP) is 2.80. The number of hydrogen-bond acceptors (Lipinski definition) is 3. The minimum absolute atomic E-state index is 0.148. The third-order valence-electron chi connectivity index (χ3n) is 2.41. The molecule has 0 amide bonds. The van der Waals surface area contributed by atoms with Crippen molar-refractivity contribution in [2.75, 3.05) is 18.0 Å². The van der Waals surface area contributed by atoms with Crippen LogP contribution in [0.15, 0.2) is 12.1 Å². The molecule has 1 heterocycles. The van der Waals surface area contributed by atoms with Gasteiger partial charge >= 0.3 is 6.18 Å². The summed E-state index contributed by atoms with van der Waals surface area (Å²) in [6.45, 7) is 2.75. The van der Waals surface area contributed by atoms with Crippen LogP contribution in [-0.2, 0) is 0 Å². The second-order valence-corrected chi connectivity index (χ2v) is 4.70. The first-order valence-corrected chi connectivity index (χ1v) is 6.24. The number of nitrogens with zero attached hydrogens (tertiary/aromatic N) is 2. The van der Waals surface area contributed by atoms with Crippen LogP contribution >= 0.6 is 12.2 Å². The molecule has 1 aromatic rings. The van der Waals surface area contributed by atoms with Crippen LogP contribution in [0.2, 0.25) is 0 Å². The molecule has 106 valence electrons. The van der Waals surface area contributed by atoms with E-state index in [-0.39, 0.29) is 17.4 Å². The van der Waals surface area contributed by atoms with Gasteiger partial charge in [0, 0.05) is 17.8 Å². The number of anilines is 1. The number of rotatable bonds is 5. The molecule has 0 spiro atoms. The predicted molar refractivity (Wildman–Crippen MR) is 73.4 cm³/mol. The van der Waals surface area contributed by atoms with E-state index < -0.39 is 12.7 Å². The van der Waals surface area contributed by atoms with Crippen molar-refractivity contribution in [1.29, 1.82) is 0 Å². The Labute approximate surface area is 115 Å². The molecule has 1 aromatic heterocycles. The Kier molecular flexibility index (Phi) is 5.11. The standard InChI is InChI=1S/C12H16F3N3S/c1-3-4-18(7-12(13,14)15)10-6-9(11(16)19)5-8(2)17-10/h5-6H,3-4,7H2,1-2H3,(H2,16,19). The highest BCUT2D eigenvalue weighted by Crippen LogP contribution is 2.22. The van der Waals surface area contributed by atoms with Gasteiger partial charge in [-0.2, -0.15) is 13.2 Å². The van der Waals surface area contributed by atoms with Crippen molar-refractivity contribution >= 4 is 23.0 Å². The fraction of sp³-hybridized carbons (Fsp3) is 0.500. The van der Waals surface area contributed by atoms with Gasteiger partial charge < -0.3 is 10.6 Å². The number of halogens is 3. The zero-order valence-corrected chi connectivity index (χ0v) is 11.6. The first-order valence-electron chi connectivity index (χ1n) is 5.83. The van der Waals surface area contributed by atoms with Crippen molar-refractivity contribution < 1.29 is 13.2 Å². The lowest BCUT2D eigenvalue weighted by Gasteiger charge is -2.25. The Morgan fingerprint density at radius 3 is 2.53 bits per heavy atom. The van der Waals surface area contributed by atoms with Gasteiger partial charge in [0.1, 0.15) is 17.4 Å². The monoisotopic (exact) mass is 291 g/mol. The quantitative estimate of drug-likeness (QED) is 0.847. The van der Waals surface area contributed by atoms with E-state index >= 15 is 0 Å². The van der Waals surface area contributed by atoms with Gasteiger partial charge in [0.15, 0.2) is 0 Å². The highest BCUT2D eigenvalue weighted by Gasteiger charge is 2.31. The minimum atomic E-state index is -4.27. The molecule has 0 unspecified atom stereocenters. The fourth-order valence-electron chi connectivity index (χ4n) is 1.72. The molecule has 0 aromatic carbocycles. The van der Waals surface area contributed by atoms with Crippen molar-refractivity contribution in [2.24, 2.45) is 5.73 Å². The molecule has 1 rings (SSSR count). The van der Waals surface area contributed by atoms with Crippen LogP contribution in [-0.4, -0.2) is 29.2 Å². The Balaban J connectivity index is 3.11. The number of nitrogens with two attached hydrogens (primary N) is 1. The van der Waals surface area contributed by atoms with E-state index in [9.17, 15) is 13.2 Å². The minimum Gasteiger partial charge on any atom is -0.389 e. The molecule has 0 radical (unpaired) electrons. The molecule has 0 saturated heterocycles. The summed E-state index contributed by atoms with van der Waals surface area (Å²) in [5.74, 6) is 0.252. The molecule has 0 aliphatic carbocycles. The number of aromatic nitrogens is 1. The van der Waals surface area contributed by atoms with Crippen LogP contribution in [0.25, 0.3) is 0 Å². The van der Waals surface area contributed by atoms with Crippen LogP contribution in [0, 0.1) is 6.92 Å².